The van der Waals surface area contributed by atoms with Gasteiger partial charge in [0.25, 0.3) is 0 Å². The lowest BCUT2D eigenvalue weighted by molar-refractivity contribution is -0.139. The Kier molecular flexibility index (Phi) is 6.48. The number of hydrogen-bond donors (Lipinski definition) is 4. The Labute approximate surface area is 77.4 Å². The van der Waals surface area contributed by atoms with Gasteiger partial charge in [0.2, 0.25) is 0 Å². The molecule has 0 aliphatic carbocycles. The van der Waals surface area contributed by atoms with Crippen molar-refractivity contribution in [1.82, 2.24) is 5.32 Å². The summed E-state index contributed by atoms with van der Waals surface area (Å²) in [5.41, 5.74) is 0. The average Bonchev–Trinajstić information content (AvgIpc) is 2.11. The van der Waals surface area contributed by atoms with E-state index in [9.17, 15) is 4.79 Å². The van der Waals surface area contributed by atoms with E-state index in [4.69, 9.17) is 15.3 Å². The smallest absolute Gasteiger partial charge is 0.320 e. The van der Waals surface area contributed by atoms with Crippen LogP contribution in [0.3, 0.4) is 0 Å². The number of carboxylic acids is 1. The molecule has 78 valence electrons. The molecule has 0 aromatic rings. The summed E-state index contributed by atoms with van der Waals surface area (Å²) in [4.78, 5) is 10.6. The standard InChI is InChI=1S/C8H17NO4/c1-2-3-7(8(12)13)9-4-6(11)5-10/h6-7,9-11H,2-5H2,1H3,(H,12,13). The Bertz CT molecular complexity index is 151. The SMILES string of the molecule is CCCC(NCC(O)CO)C(=O)O. The van der Waals surface area contributed by atoms with Crippen LogP contribution in [0.1, 0.15) is 19.8 Å². The summed E-state index contributed by atoms with van der Waals surface area (Å²) in [5, 5.41) is 28.8. The van der Waals surface area contributed by atoms with Crippen molar-refractivity contribution in [3.63, 3.8) is 0 Å². The molecule has 0 aromatic heterocycles. The van der Waals surface area contributed by atoms with Crippen molar-refractivity contribution in [3.05, 3.63) is 0 Å². The second-order valence-corrected chi connectivity index (χ2v) is 2.92. The highest BCUT2D eigenvalue weighted by atomic mass is 16.4. The van der Waals surface area contributed by atoms with Crippen molar-refractivity contribution in [2.24, 2.45) is 0 Å². The summed E-state index contributed by atoms with van der Waals surface area (Å²) in [6, 6.07) is -0.633. The zero-order valence-corrected chi connectivity index (χ0v) is 7.73. The molecular weight excluding hydrogens is 174 g/mol. The van der Waals surface area contributed by atoms with E-state index >= 15 is 0 Å². The van der Waals surface area contributed by atoms with Crippen LogP contribution >= 0.6 is 0 Å². The number of nitrogens with one attached hydrogen (secondary N) is 1. The second kappa shape index (κ2) is 6.82. The molecule has 5 nitrogen and oxygen atoms in total. The molecule has 0 bridgehead atoms. The van der Waals surface area contributed by atoms with Crippen molar-refractivity contribution in [2.45, 2.75) is 31.9 Å². The molecule has 0 aromatic carbocycles. The average molecular weight is 191 g/mol. The summed E-state index contributed by atoms with van der Waals surface area (Å²) >= 11 is 0. The van der Waals surface area contributed by atoms with Gasteiger partial charge in [0, 0.05) is 6.54 Å². The molecule has 0 spiro atoms. The van der Waals surface area contributed by atoms with Crippen LogP contribution in [0.4, 0.5) is 0 Å². The molecule has 4 N–H and O–H groups in total. The van der Waals surface area contributed by atoms with E-state index in [0.717, 1.165) is 6.42 Å². The first-order valence-electron chi connectivity index (χ1n) is 4.36. The second-order valence-electron chi connectivity index (χ2n) is 2.92. The number of rotatable bonds is 7. The van der Waals surface area contributed by atoms with Gasteiger partial charge in [-0.05, 0) is 6.42 Å². The van der Waals surface area contributed by atoms with Gasteiger partial charge in [-0.2, -0.15) is 0 Å². The predicted octanol–water partition coefficient (Wildman–Crippen LogP) is -0.817. The van der Waals surface area contributed by atoms with Crippen molar-refractivity contribution in [2.75, 3.05) is 13.2 Å². The first kappa shape index (κ1) is 12.3. The molecule has 0 amide bonds. The van der Waals surface area contributed by atoms with Crippen LogP contribution in [-0.2, 0) is 4.79 Å². The number of hydrogen-bond acceptors (Lipinski definition) is 4. The fraction of sp³-hybridized carbons (Fsp3) is 0.875. The molecule has 0 heterocycles. The molecule has 13 heavy (non-hydrogen) atoms. The third-order valence-corrected chi connectivity index (χ3v) is 1.69. The largest absolute Gasteiger partial charge is 0.480 e. The lowest BCUT2D eigenvalue weighted by Gasteiger charge is -2.15. The molecule has 5 heteroatoms. The van der Waals surface area contributed by atoms with Gasteiger partial charge in [-0.1, -0.05) is 13.3 Å². The van der Waals surface area contributed by atoms with Crippen LogP contribution in [0.2, 0.25) is 0 Å². The lowest BCUT2D eigenvalue weighted by Crippen LogP contribution is -2.41. The van der Waals surface area contributed by atoms with Crippen LogP contribution < -0.4 is 5.32 Å². The summed E-state index contributed by atoms with van der Waals surface area (Å²) in [6.45, 7) is 1.64. The van der Waals surface area contributed by atoms with E-state index in [1.807, 2.05) is 6.92 Å². The van der Waals surface area contributed by atoms with Crippen LogP contribution in [0.5, 0.6) is 0 Å². The summed E-state index contributed by atoms with van der Waals surface area (Å²) in [6.07, 6.45) is 0.394. The first-order chi connectivity index (χ1) is 6.11. The fourth-order valence-electron chi connectivity index (χ4n) is 0.944. The Hall–Kier alpha value is -0.650. The van der Waals surface area contributed by atoms with Crippen molar-refractivity contribution in [3.8, 4) is 0 Å². The molecule has 0 aliphatic rings. The molecule has 0 rings (SSSR count). The van der Waals surface area contributed by atoms with Crippen LogP contribution in [0.15, 0.2) is 0 Å². The maximum Gasteiger partial charge on any atom is 0.320 e. The van der Waals surface area contributed by atoms with Crippen molar-refractivity contribution >= 4 is 5.97 Å². The van der Waals surface area contributed by atoms with Gasteiger partial charge in [-0.25, -0.2) is 0 Å². The monoisotopic (exact) mass is 191 g/mol. The predicted molar refractivity (Wildman–Crippen MR) is 47.4 cm³/mol. The minimum atomic E-state index is -0.924. The zero-order chi connectivity index (χ0) is 10.3. The van der Waals surface area contributed by atoms with Gasteiger partial charge in [-0.15, -0.1) is 0 Å². The summed E-state index contributed by atoms with van der Waals surface area (Å²) < 4.78 is 0. The summed E-state index contributed by atoms with van der Waals surface area (Å²) in [5.74, 6) is -0.924. The van der Waals surface area contributed by atoms with Crippen LogP contribution in [0.25, 0.3) is 0 Å². The lowest BCUT2D eigenvalue weighted by atomic mass is 10.1. The van der Waals surface area contributed by atoms with E-state index in [2.05, 4.69) is 5.32 Å². The molecular formula is C8H17NO4. The quantitative estimate of drug-likeness (QED) is 0.422. The van der Waals surface area contributed by atoms with E-state index in [-0.39, 0.29) is 13.2 Å². The molecule has 0 radical (unpaired) electrons. The third-order valence-electron chi connectivity index (χ3n) is 1.69. The first-order valence-corrected chi connectivity index (χ1v) is 4.36. The van der Waals surface area contributed by atoms with Gasteiger partial charge in [0.05, 0.1) is 12.7 Å². The van der Waals surface area contributed by atoms with Crippen molar-refractivity contribution in [1.29, 1.82) is 0 Å². The van der Waals surface area contributed by atoms with E-state index in [1.165, 1.54) is 0 Å². The van der Waals surface area contributed by atoms with Gasteiger partial charge in [-0.3, -0.25) is 4.79 Å². The van der Waals surface area contributed by atoms with Gasteiger partial charge >= 0.3 is 5.97 Å². The van der Waals surface area contributed by atoms with Gasteiger partial charge < -0.3 is 20.6 Å². The van der Waals surface area contributed by atoms with Crippen LogP contribution in [-0.4, -0.2) is 46.6 Å². The number of aliphatic carboxylic acids is 1. The Balaban J connectivity index is 3.75. The molecule has 2 unspecified atom stereocenters. The molecule has 0 aliphatic heterocycles. The van der Waals surface area contributed by atoms with E-state index < -0.39 is 18.1 Å². The normalized spacial score (nSPS) is 15.3. The number of aliphatic hydroxyl groups is 2. The summed E-state index contributed by atoms with van der Waals surface area (Å²) in [7, 11) is 0. The molecule has 0 saturated heterocycles. The molecule has 0 saturated carbocycles. The maximum atomic E-state index is 10.6. The molecule has 0 fully saturated rings. The Morgan fingerprint density at radius 3 is 2.54 bits per heavy atom. The van der Waals surface area contributed by atoms with Crippen LogP contribution in [0, 0.1) is 0 Å². The van der Waals surface area contributed by atoms with Gasteiger partial charge in [0.1, 0.15) is 6.04 Å². The van der Waals surface area contributed by atoms with Gasteiger partial charge in [0.15, 0.2) is 0 Å². The third kappa shape index (κ3) is 5.57. The fourth-order valence-corrected chi connectivity index (χ4v) is 0.944. The highest BCUT2D eigenvalue weighted by molar-refractivity contribution is 5.73. The highest BCUT2D eigenvalue weighted by Crippen LogP contribution is 1.96. The minimum Gasteiger partial charge on any atom is -0.480 e. The highest BCUT2D eigenvalue weighted by Gasteiger charge is 2.16. The number of aliphatic hydroxyl groups excluding tert-OH is 2. The minimum absolute atomic E-state index is 0.105. The van der Waals surface area contributed by atoms with E-state index in [0.29, 0.717) is 6.42 Å². The maximum absolute atomic E-state index is 10.6. The van der Waals surface area contributed by atoms with E-state index in [1.54, 1.807) is 0 Å². The van der Waals surface area contributed by atoms with Crippen molar-refractivity contribution < 1.29 is 20.1 Å². The number of carbonyl (C=O) groups is 1. The Morgan fingerprint density at radius 2 is 2.15 bits per heavy atom. The topological polar surface area (TPSA) is 89.8 Å². The molecule has 2 atom stereocenters. The Morgan fingerprint density at radius 1 is 1.54 bits per heavy atom. The number of carboxylic acid groups (broad SMARTS) is 1. The zero-order valence-electron chi connectivity index (χ0n) is 7.73.